The Bertz CT molecular complexity index is 1550. The Morgan fingerprint density at radius 1 is 0.811 bits per heavy atom. The SMILES string of the molecule is CC(=O)OC[C@H]1O[C@H](O[C@H]2c3ccc4ccccc4c3-c3ccc4ccccc4c32)C=C[C@@H]1OC(C)=O. The predicted octanol–water partition coefficient (Wildman–Crippen LogP) is 5.86. The molecule has 0 aromatic heterocycles. The van der Waals surface area contributed by atoms with Crippen LogP contribution in [0.3, 0.4) is 0 Å². The van der Waals surface area contributed by atoms with Gasteiger partial charge in [0.05, 0.1) is 0 Å². The van der Waals surface area contributed by atoms with E-state index in [2.05, 4.69) is 54.6 Å². The maximum Gasteiger partial charge on any atom is 0.303 e. The molecule has 6 rings (SSSR count). The lowest BCUT2D eigenvalue weighted by Gasteiger charge is -2.33. The highest BCUT2D eigenvalue weighted by Gasteiger charge is 2.37. The van der Waals surface area contributed by atoms with E-state index in [9.17, 15) is 9.59 Å². The Hall–Kier alpha value is -4.00. The standard InChI is InChI=1S/C31H26O6/c1-18(32)34-17-27-26(35-19(2)33)15-16-28(36-27)37-31-25-14-12-20-7-3-5-9-22(20)29(25)24-13-11-21-8-4-6-10-23(21)30(24)31/h3-16,26-28,31H,17H2,1-2H3/t26-,27+,28+,31-/m0/s1. The van der Waals surface area contributed by atoms with E-state index in [1.165, 1.54) is 24.6 Å². The maximum absolute atomic E-state index is 11.6. The number of hydrogen-bond acceptors (Lipinski definition) is 6. The molecule has 4 atom stereocenters. The maximum atomic E-state index is 11.6. The lowest BCUT2D eigenvalue weighted by atomic mass is 9.96. The summed E-state index contributed by atoms with van der Waals surface area (Å²) in [6, 6.07) is 25.2. The first-order chi connectivity index (χ1) is 18.0. The number of carbonyl (C=O) groups is 2. The van der Waals surface area contributed by atoms with Crippen LogP contribution in [0, 0.1) is 0 Å². The van der Waals surface area contributed by atoms with E-state index >= 15 is 0 Å². The summed E-state index contributed by atoms with van der Waals surface area (Å²) in [6.07, 6.45) is 1.01. The lowest BCUT2D eigenvalue weighted by molar-refractivity contribution is -0.205. The number of hydrogen-bond donors (Lipinski definition) is 0. The third-order valence-corrected chi connectivity index (χ3v) is 6.90. The number of fused-ring (bicyclic) bond motifs is 7. The van der Waals surface area contributed by atoms with Gasteiger partial charge in [-0.1, -0.05) is 72.8 Å². The van der Waals surface area contributed by atoms with E-state index in [4.69, 9.17) is 18.9 Å². The molecule has 0 spiro atoms. The molecule has 2 aliphatic rings. The minimum absolute atomic E-state index is 0.0527. The summed E-state index contributed by atoms with van der Waals surface area (Å²) in [6.45, 7) is 2.61. The third kappa shape index (κ3) is 4.28. The minimum atomic E-state index is -0.735. The topological polar surface area (TPSA) is 71.1 Å². The first kappa shape index (κ1) is 23.4. The fraction of sp³-hybridized carbons (Fsp3) is 0.226. The molecule has 1 heterocycles. The highest BCUT2D eigenvalue weighted by atomic mass is 16.7. The predicted molar refractivity (Wildman–Crippen MR) is 140 cm³/mol. The van der Waals surface area contributed by atoms with Gasteiger partial charge < -0.3 is 18.9 Å². The van der Waals surface area contributed by atoms with Crippen LogP contribution in [-0.2, 0) is 28.5 Å². The highest BCUT2D eigenvalue weighted by molar-refractivity contribution is 6.05. The summed E-state index contributed by atoms with van der Waals surface area (Å²) in [5.74, 6) is -0.878. The molecule has 1 aliphatic heterocycles. The number of carbonyl (C=O) groups excluding carboxylic acids is 2. The van der Waals surface area contributed by atoms with E-state index in [0.29, 0.717) is 0 Å². The quantitative estimate of drug-likeness (QED) is 0.256. The van der Waals surface area contributed by atoms with E-state index < -0.39 is 30.4 Å². The van der Waals surface area contributed by atoms with Gasteiger partial charge in [-0.05, 0) is 50.4 Å². The fourth-order valence-corrected chi connectivity index (χ4v) is 5.37. The number of ether oxygens (including phenoxy) is 4. The first-order valence-electron chi connectivity index (χ1n) is 12.3. The average Bonchev–Trinajstić information content (AvgIpc) is 3.22. The van der Waals surface area contributed by atoms with Gasteiger partial charge in [-0.15, -0.1) is 0 Å². The van der Waals surface area contributed by atoms with E-state index in [1.807, 2.05) is 18.2 Å². The van der Waals surface area contributed by atoms with Crippen LogP contribution in [0.2, 0.25) is 0 Å². The zero-order valence-electron chi connectivity index (χ0n) is 20.5. The minimum Gasteiger partial charge on any atom is -0.463 e. The molecule has 1 aliphatic carbocycles. The molecule has 0 N–H and O–H groups in total. The molecule has 6 nitrogen and oxygen atoms in total. The van der Waals surface area contributed by atoms with E-state index in [1.54, 1.807) is 12.2 Å². The summed E-state index contributed by atoms with van der Waals surface area (Å²) in [5, 5.41) is 4.60. The Kier molecular flexibility index (Phi) is 5.99. The molecule has 4 aromatic carbocycles. The zero-order chi connectivity index (χ0) is 25.5. The van der Waals surface area contributed by atoms with Crippen LogP contribution in [-0.4, -0.2) is 37.0 Å². The van der Waals surface area contributed by atoms with Crippen molar-refractivity contribution < 1.29 is 28.5 Å². The largest absolute Gasteiger partial charge is 0.463 e. The van der Waals surface area contributed by atoms with Gasteiger partial charge in [-0.2, -0.15) is 0 Å². The van der Waals surface area contributed by atoms with E-state index in [-0.39, 0.29) is 12.7 Å². The van der Waals surface area contributed by atoms with Crippen LogP contribution in [0.15, 0.2) is 84.9 Å². The van der Waals surface area contributed by atoms with Gasteiger partial charge in [0.2, 0.25) is 0 Å². The second kappa shape index (κ2) is 9.47. The molecule has 0 radical (unpaired) electrons. The van der Waals surface area contributed by atoms with Crippen molar-refractivity contribution in [1.82, 2.24) is 0 Å². The molecule has 4 aromatic rings. The van der Waals surface area contributed by atoms with Crippen molar-refractivity contribution in [2.24, 2.45) is 0 Å². The van der Waals surface area contributed by atoms with Gasteiger partial charge >= 0.3 is 11.9 Å². The fourth-order valence-electron chi connectivity index (χ4n) is 5.37. The molecule has 37 heavy (non-hydrogen) atoms. The van der Waals surface area contributed by atoms with Crippen LogP contribution in [0.1, 0.15) is 31.1 Å². The Morgan fingerprint density at radius 2 is 1.51 bits per heavy atom. The van der Waals surface area contributed by atoms with Crippen molar-refractivity contribution in [3.05, 3.63) is 96.1 Å². The number of benzene rings is 4. The van der Waals surface area contributed by atoms with Gasteiger partial charge in [0.15, 0.2) is 6.29 Å². The Morgan fingerprint density at radius 3 is 2.27 bits per heavy atom. The molecule has 0 unspecified atom stereocenters. The van der Waals surface area contributed by atoms with Crippen molar-refractivity contribution >= 4 is 33.5 Å². The first-order valence-corrected chi connectivity index (χ1v) is 12.3. The van der Waals surface area contributed by atoms with E-state index in [0.717, 1.165) is 33.0 Å². The summed E-state index contributed by atoms with van der Waals surface area (Å²) in [5.41, 5.74) is 4.48. The second-order valence-corrected chi connectivity index (χ2v) is 9.32. The van der Waals surface area contributed by atoms with Crippen molar-refractivity contribution in [2.45, 2.75) is 38.4 Å². The van der Waals surface area contributed by atoms with Crippen LogP contribution in [0.25, 0.3) is 32.7 Å². The highest BCUT2D eigenvalue weighted by Crippen LogP contribution is 2.51. The number of esters is 2. The Balaban J connectivity index is 1.42. The van der Waals surface area contributed by atoms with Gasteiger partial charge in [0, 0.05) is 19.4 Å². The summed E-state index contributed by atoms with van der Waals surface area (Å²) in [7, 11) is 0. The number of rotatable bonds is 5. The molecule has 186 valence electrons. The lowest BCUT2D eigenvalue weighted by Crippen LogP contribution is -2.42. The molecule has 0 amide bonds. The normalized spacial score (nSPS) is 22.0. The van der Waals surface area contributed by atoms with Crippen LogP contribution in [0.5, 0.6) is 0 Å². The summed E-state index contributed by atoms with van der Waals surface area (Å²) < 4.78 is 23.4. The van der Waals surface area contributed by atoms with Crippen molar-refractivity contribution in [3.8, 4) is 11.1 Å². The molecule has 6 heteroatoms. The monoisotopic (exact) mass is 494 g/mol. The summed E-state index contributed by atoms with van der Waals surface area (Å²) in [4.78, 5) is 23.1. The van der Waals surface area contributed by atoms with Gasteiger partial charge in [0.1, 0.15) is 24.9 Å². The molecule has 0 fully saturated rings. The van der Waals surface area contributed by atoms with Crippen LogP contribution >= 0.6 is 0 Å². The van der Waals surface area contributed by atoms with Crippen LogP contribution in [0.4, 0.5) is 0 Å². The average molecular weight is 495 g/mol. The summed E-state index contributed by atoms with van der Waals surface area (Å²) >= 11 is 0. The molecule has 0 saturated heterocycles. The van der Waals surface area contributed by atoms with Crippen molar-refractivity contribution in [1.29, 1.82) is 0 Å². The third-order valence-electron chi connectivity index (χ3n) is 6.90. The van der Waals surface area contributed by atoms with Crippen LogP contribution < -0.4 is 0 Å². The van der Waals surface area contributed by atoms with Gasteiger partial charge in [-0.25, -0.2) is 0 Å². The smallest absolute Gasteiger partial charge is 0.303 e. The van der Waals surface area contributed by atoms with Gasteiger partial charge in [0.25, 0.3) is 0 Å². The second-order valence-electron chi connectivity index (χ2n) is 9.32. The van der Waals surface area contributed by atoms with Crippen molar-refractivity contribution in [3.63, 3.8) is 0 Å². The Labute approximate surface area is 214 Å². The molecular weight excluding hydrogens is 468 g/mol. The molecular formula is C31H26O6. The van der Waals surface area contributed by atoms with Crippen molar-refractivity contribution in [2.75, 3.05) is 6.61 Å². The van der Waals surface area contributed by atoms with Gasteiger partial charge in [-0.3, -0.25) is 9.59 Å². The molecule has 0 saturated carbocycles. The zero-order valence-corrected chi connectivity index (χ0v) is 20.5. The molecule has 0 bridgehead atoms.